The number of ether oxygens (including phenoxy) is 1. The van der Waals surface area contributed by atoms with Crippen LogP contribution in [0.15, 0.2) is 78.9 Å². The first-order valence-corrected chi connectivity index (χ1v) is 9.46. The molecule has 0 bridgehead atoms. The van der Waals surface area contributed by atoms with Crippen LogP contribution in [0.5, 0.6) is 0 Å². The van der Waals surface area contributed by atoms with Crippen molar-refractivity contribution >= 4 is 29.1 Å². The molecule has 2 atom stereocenters. The molecule has 154 valence electrons. The van der Waals surface area contributed by atoms with E-state index in [2.05, 4.69) is 5.32 Å². The average molecular weight is 417 g/mol. The number of benzene rings is 3. The maximum Gasteiger partial charge on any atom is 0.339 e. The lowest BCUT2D eigenvalue weighted by Gasteiger charge is -2.21. The summed E-state index contributed by atoms with van der Waals surface area (Å²) in [6.07, 6.45) is -1.34. The molecule has 1 amide bonds. The molecular formula is C24H16FNO5. The van der Waals surface area contributed by atoms with Gasteiger partial charge >= 0.3 is 5.97 Å². The van der Waals surface area contributed by atoms with Crippen LogP contribution >= 0.6 is 0 Å². The van der Waals surface area contributed by atoms with E-state index in [0.29, 0.717) is 11.3 Å². The van der Waals surface area contributed by atoms with Crippen molar-refractivity contribution in [3.63, 3.8) is 0 Å². The van der Waals surface area contributed by atoms with Crippen LogP contribution in [-0.4, -0.2) is 23.4 Å². The van der Waals surface area contributed by atoms with Crippen molar-refractivity contribution in [2.24, 2.45) is 5.92 Å². The molecule has 31 heavy (non-hydrogen) atoms. The lowest BCUT2D eigenvalue weighted by Crippen LogP contribution is -2.38. The number of anilines is 1. The van der Waals surface area contributed by atoms with Gasteiger partial charge in [-0.05, 0) is 30.3 Å². The molecule has 0 aliphatic carbocycles. The fraction of sp³-hybridized carbons (Fsp3) is 0.0833. The molecule has 4 rings (SSSR count). The molecule has 0 aromatic heterocycles. The molecule has 0 radical (unpaired) electrons. The maximum absolute atomic E-state index is 14.3. The Morgan fingerprint density at radius 3 is 2.26 bits per heavy atom. The number of halogens is 1. The second kappa shape index (κ2) is 8.31. The number of fused-ring (bicyclic) bond motifs is 1. The molecule has 1 aliphatic rings. The SMILES string of the molecule is O=C(Nc1ccccc1)C(=O)[C@H](C(=O)c1ccccc1F)[C@@H]1OC(=O)c2ccccc21. The molecule has 3 aromatic carbocycles. The third-order valence-corrected chi connectivity index (χ3v) is 4.98. The first-order valence-electron chi connectivity index (χ1n) is 9.46. The van der Waals surface area contributed by atoms with Gasteiger partial charge in [0.2, 0.25) is 5.78 Å². The van der Waals surface area contributed by atoms with E-state index in [1.165, 1.54) is 30.3 Å². The van der Waals surface area contributed by atoms with Gasteiger partial charge in [0.1, 0.15) is 17.8 Å². The summed E-state index contributed by atoms with van der Waals surface area (Å²) < 4.78 is 19.6. The van der Waals surface area contributed by atoms with Crippen LogP contribution in [0.1, 0.15) is 32.4 Å². The van der Waals surface area contributed by atoms with E-state index >= 15 is 0 Å². The quantitative estimate of drug-likeness (QED) is 0.286. The van der Waals surface area contributed by atoms with Gasteiger partial charge in [0.15, 0.2) is 5.78 Å². The van der Waals surface area contributed by atoms with Crippen molar-refractivity contribution in [1.82, 2.24) is 0 Å². The Kier molecular flexibility index (Phi) is 5.41. The molecule has 3 aromatic rings. The second-order valence-corrected chi connectivity index (χ2v) is 6.92. The lowest BCUT2D eigenvalue weighted by molar-refractivity contribution is -0.138. The molecule has 0 unspecified atom stereocenters. The van der Waals surface area contributed by atoms with Crippen molar-refractivity contribution in [1.29, 1.82) is 0 Å². The summed E-state index contributed by atoms with van der Waals surface area (Å²) in [5.74, 6) is -6.45. The Hall–Kier alpha value is -4.13. The first-order chi connectivity index (χ1) is 15.0. The van der Waals surface area contributed by atoms with Gasteiger partial charge in [0, 0.05) is 11.3 Å². The minimum atomic E-state index is -1.74. The number of esters is 1. The third kappa shape index (κ3) is 3.85. The van der Waals surface area contributed by atoms with Crippen LogP contribution in [-0.2, 0) is 14.3 Å². The molecular weight excluding hydrogens is 401 g/mol. The minimum Gasteiger partial charge on any atom is -0.453 e. The summed E-state index contributed by atoms with van der Waals surface area (Å²) >= 11 is 0. The summed E-state index contributed by atoms with van der Waals surface area (Å²) in [7, 11) is 0. The van der Waals surface area contributed by atoms with Crippen LogP contribution in [0.25, 0.3) is 0 Å². The highest BCUT2D eigenvalue weighted by Gasteiger charge is 2.46. The summed E-state index contributed by atoms with van der Waals surface area (Å²) in [5, 5.41) is 2.43. The first kappa shape index (κ1) is 20.2. The monoisotopic (exact) mass is 417 g/mol. The van der Waals surface area contributed by atoms with Crippen LogP contribution in [0.2, 0.25) is 0 Å². The number of amides is 1. The summed E-state index contributed by atoms with van der Waals surface area (Å²) in [5.41, 5.74) is 0.466. The zero-order chi connectivity index (χ0) is 22.0. The minimum absolute atomic E-state index is 0.190. The summed E-state index contributed by atoms with van der Waals surface area (Å²) in [6, 6.07) is 19.6. The van der Waals surface area contributed by atoms with Gasteiger partial charge in [-0.25, -0.2) is 9.18 Å². The second-order valence-electron chi connectivity index (χ2n) is 6.92. The summed E-state index contributed by atoms with van der Waals surface area (Å²) in [6.45, 7) is 0. The molecule has 0 saturated carbocycles. The van der Waals surface area contributed by atoms with E-state index in [9.17, 15) is 23.6 Å². The Balaban J connectivity index is 1.74. The van der Waals surface area contributed by atoms with Crippen LogP contribution < -0.4 is 5.32 Å². The number of carbonyl (C=O) groups is 4. The van der Waals surface area contributed by atoms with E-state index in [1.807, 2.05) is 0 Å². The van der Waals surface area contributed by atoms with Gasteiger partial charge in [0.05, 0.1) is 11.1 Å². The molecule has 0 fully saturated rings. The van der Waals surface area contributed by atoms with Crippen LogP contribution in [0, 0.1) is 11.7 Å². The predicted octanol–water partition coefficient (Wildman–Crippen LogP) is 3.74. The topological polar surface area (TPSA) is 89.5 Å². The highest BCUT2D eigenvalue weighted by Crippen LogP contribution is 2.38. The normalized spacial score (nSPS) is 15.5. The van der Waals surface area contributed by atoms with Gasteiger partial charge in [0.25, 0.3) is 5.91 Å². The molecule has 1 heterocycles. The van der Waals surface area contributed by atoms with Crippen molar-refractivity contribution in [2.75, 3.05) is 5.32 Å². The van der Waals surface area contributed by atoms with E-state index < -0.39 is 41.3 Å². The standard InChI is InChI=1S/C24H16FNO5/c25-18-13-7-6-12-17(18)20(27)19(21(28)23(29)26-14-8-2-1-3-9-14)22-15-10-4-5-11-16(15)24(30)31-22/h1-13,19,22H,(H,26,29)/t19-,22+/m0/s1. The van der Waals surface area contributed by atoms with E-state index in [4.69, 9.17) is 4.74 Å². The number of cyclic esters (lactones) is 1. The third-order valence-electron chi connectivity index (χ3n) is 4.98. The fourth-order valence-electron chi connectivity index (χ4n) is 3.50. The van der Waals surface area contributed by atoms with Crippen molar-refractivity contribution in [3.05, 3.63) is 101 Å². The van der Waals surface area contributed by atoms with E-state index in [1.54, 1.807) is 42.5 Å². The van der Waals surface area contributed by atoms with Crippen molar-refractivity contribution in [2.45, 2.75) is 6.10 Å². The Morgan fingerprint density at radius 2 is 1.52 bits per heavy atom. The lowest BCUT2D eigenvalue weighted by atomic mass is 9.84. The zero-order valence-electron chi connectivity index (χ0n) is 16.1. The highest BCUT2D eigenvalue weighted by atomic mass is 19.1. The largest absolute Gasteiger partial charge is 0.453 e. The fourth-order valence-corrected chi connectivity index (χ4v) is 3.50. The number of carbonyl (C=O) groups excluding carboxylic acids is 4. The van der Waals surface area contributed by atoms with Gasteiger partial charge < -0.3 is 10.1 Å². The Bertz CT molecular complexity index is 1190. The van der Waals surface area contributed by atoms with E-state index in [-0.39, 0.29) is 11.1 Å². The number of rotatable bonds is 6. The van der Waals surface area contributed by atoms with Gasteiger partial charge in [-0.2, -0.15) is 0 Å². The molecule has 1 N–H and O–H groups in total. The van der Waals surface area contributed by atoms with Crippen LogP contribution in [0.3, 0.4) is 0 Å². The average Bonchev–Trinajstić information content (AvgIpc) is 3.11. The van der Waals surface area contributed by atoms with Crippen molar-refractivity contribution < 1.29 is 28.3 Å². The van der Waals surface area contributed by atoms with Crippen molar-refractivity contribution in [3.8, 4) is 0 Å². The molecule has 6 nitrogen and oxygen atoms in total. The smallest absolute Gasteiger partial charge is 0.339 e. The zero-order valence-corrected chi connectivity index (χ0v) is 16.1. The number of ketones is 2. The number of para-hydroxylation sites is 1. The maximum atomic E-state index is 14.3. The van der Waals surface area contributed by atoms with Gasteiger partial charge in [-0.15, -0.1) is 0 Å². The summed E-state index contributed by atoms with van der Waals surface area (Å²) in [4.78, 5) is 51.3. The molecule has 7 heteroatoms. The number of hydrogen-bond donors (Lipinski definition) is 1. The van der Waals surface area contributed by atoms with Crippen LogP contribution in [0.4, 0.5) is 10.1 Å². The molecule has 0 spiro atoms. The Labute approximate surface area is 176 Å². The number of hydrogen-bond acceptors (Lipinski definition) is 5. The van der Waals surface area contributed by atoms with Gasteiger partial charge in [-0.1, -0.05) is 48.5 Å². The predicted molar refractivity (Wildman–Crippen MR) is 109 cm³/mol. The molecule has 1 aliphatic heterocycles. The Morgan fingerprint density at radius 1 is 0.871 bits per heavy atom. The molecule has 0 saturated heterocycles. The number of Topliss-reactive ketones (excluding diaryl/α,β-unsaturated/α-hetero) is 2. The van der Waals surface area contributed by atoms with E-state index in [0.717, 1.165) is 6.07 Å². The van der Waals surface area contributed by atoms with Gasteiger partial charge in [-0.3, -0.25) is 14.4 Å². The number of nitrogens with one attached hydrogen (secondary N) is 1. The highest BCUT2D eigenvalue weighted by molar-refractivity contribution is 6.45.